The summed E-state index contributed by atoms with van der Waals surface area (Å²) in [5.74, 6) is -0.0390. The molecule has 5 nitrogen and oxygen atoms in total. The second-order valence-electron chi connectivity index (χ2n) is 5.49. The van der Waals surface area contributed by atoms with Crippen molar-refractivity contribution in [1.29, 1.82) is 0 Å². The summed E-state index contributed by atoms with van der Waals surface area (Å²) in [6.07, 6.45) is -1.22. The summed E-state index contributed by atoms with van der Waals surface area (Å²) < 4.78 is 43.3. The molecule has 0 aromatic carbocycles. The van der Waals surface area contributed by atoms with Crippen LogP contribution in [0.2, 0.25) is 0 Å². The molecule has 0 N–H and O–H groups in total. The Kier molecular flexibility index (Phi) is 4.77. The van der Waals surface area contributed by atoms with Gasteiger partial charge in [0.15, 0.2) is 5.16 Å². The molecule has 3 heterocycles. The number of hydrogen-bond acceptors (Lipinski definition) is 5. The van der Waals surface area contributed by atoms with Crippen molar-refractivity contribution < 1.29 is 22.7 Å². The third-order valence-corrected chi connectivity index (χ3v) is 5.12. The van der Waals surface area contributed by atoms with Crippen molar-refractivity contribution in [3.8, 4) is 0 Å². The summed E-state index contributed by atoms with van der Waals surface area (Å²) in [6.45, 7) is 1.91. The van der Waals surface area contributed by atoms with Crippen LogP contribution in [-0.4, -0.2) is 51.8 Å². The van der Waals surface area contributed by atoms with Gasteiger partial charge < -0.3 is 9.64 Å². The number of amides is 1. The molecule has 23 heavy (non-hydrogen) atoms. The summed E-state index contributed by atoms with van der Waals surface area (Å²) in [5, 5.41) is -0.423. The highest BCUT2D eigenvalue weighted by molar-refractivity contribution is 8.00. The van der Waals surface area contributed by atoms with Crippen LogP contribution in [-0.2, 0) is 15.7 Å². The minimum Gasteiger partial charge on any atom is -0.381 e. The number of rotatable bonds is 3. The minimum atomic E-state index is -4.51. The zero-order valence-corrected chi connectivity index (χ0v) is 13.1. The Balaban J connectivity index is 1.66. The number of ether oxygens (including phenoxy) is 1. The van der Waals surface area contributed by atoms with Gasteiger partial charge in [-0.1, -0.05) is 11.8 Å². The first kappa shape index (κ1) is 16.5. The average Bonchev–Trinajstić information content (AvgIpc) is 2.89. The summed E-state index contributed by atoms with van der Waals surface area (Å²) in [7, 11) is 0. The second kappa shape index (κ2) is 6.64. The maximum absolute atomic E-state index is 12.7. The number of thioether (sulfide) groups is 1. The first-order valence-corrected chi connectivity index (χ1v) is 8.28. The fraction of sp³-hybridized carbons (Fsp3) is 0.643. The molecule has 1 amide bonds. The van der Waals surface area contributed by atoms with E-state index in [9.17, 15) is 18.0 Å². The summed E-state index contributed by atoms with van der Waals surface area (Å²) in [5.41, 5.74) is -0.985. The number of aromatic nitrogens is 2. The van der Waals surface area contributed by atoms with Crippen LogP contribution >= 0.6 is 11.8 Å². The van der Waals surface area contributed by atoms with Gasteiger partial charge in [-0.15, -0.1) is 0 Å². The van der Waals surface area contributed by atoms with Gasteiger partial charge in [0.1, 0.15) is 5.69 Å². The lowest BCUT2D eigenvalue weighted by Gasteiger charge is -2.31. The lowest BCUT2D eigenvalue weighted by atomic mass is 10.1. The van der Waals surface area contributed by atoms with Crippen LogP contribution in [0, 0.1) is 0 Å². The van der Waals surface area contributed by atoms with Crippen LogP contribution in [0.4, 0.5) is 13.2 Å². The molecule has 2 fully saturated rings. The van der Waals surface area contributed by atoms with Crippen LogP contribution in [0.3, 0.4) is 0 Å². The molecule has 0 aliphatic carbocycles. The zero-order valence-electron chi connectivity index (χ0n) is 12.3. The molecule has 0 unspecified atom stereocenters. The molecule has 1 atom stereocenters. The van der Waals surface area contributed by atoms with Gasteiger partial charge in [-0.25, -0.2) is 9.97 Å². The number of halogens is 3. The van der Waals surface area contributed by atoms with Crippen LogP contribution < -0.4 is 0 Å². The van der Waals surface area contributed by atoms with Crippen LogP contribution in [0.5, 0.6) is 0 Å². The standard InChI is InChI=1S/C14H16F3N3O2S/c15-14(16,17)11-1-5-18-13(19-11)23-10-2-6-20(12(10)21)9-3-7-22-8-4-9/h1,5,9-10H,2-4,6-8H2/t10-/m1/s1. The Bertz CT molecular complexity index is 579. The third-order valence-electron chi connectivity index (χ3n) is 3.99. The van der Waals surface area contributed by atoms with E-state index < -0.39 is 17.1 Å². The monoisotopic (exact) mass is 347 g/mol. The summed E-state index contributed by atoms with van der Waals surface area (Å²) in [6, 6.07) is 0.999. The van der Waals surface area contributed by atoms with Crippen molar-refractivity contribution in [3.63, 3.8) is 0 Å². The van der Waals surface area contributed by atoms with Crippen LogP contribution in [0.1, 0.15) is 25.0 Å². The number of alkyl halides is 3. The Morgan fingerprint density at radius 2 is 2.00 bits per heavy atom. The average molecular weight is 347 g/mol. The van der Waals surface area contributed by atoms with E-state index in [1.54, 1.807) is 0 Å². The Labute approximate surface area is 135 Å². The van der Waals surface area contributed by atoms with Crippen LogP contribution in [0.15, 0.2) is 17.4 Å². The number of hydrogen-bond donors (Lipinski definition) is 0. The Hall–Kier alpha value is -1.35. The van der Waals surface area contributed by atoms with Crippen molar-refractivity contribution in [1.82, 2.24) is 14.9 Å². The molecular formula is C14H16F3N3O2S. The molecule has 9 heteroatoms. The first-order chi connectivity index (χ1) is 10.9. The van der Waals surface area contributed by atoms with E-state index in [1.807, 2.05) is 4.90 Å². The molecule has 0 saturated carbocycles. The molecule has 2 saturated heterocycles. The Morgan fingerprint density at radius 1 is 1.26 bits per heavy atom. The van der Waals surface area contributed by atoms with E-state index in [2.05, 4.69) is 9.97 Å². The van der Waals surface area contributed by atoms with E-state index in [1.165, 1.54) is 0 Å². The zero-order chi connectivity index (χ0) is 16.4. The van der Waals surface area contributed by atoms with Gasteiger partial charge >= 0.3 is 6.18 Å². The van der Waals surface area contributed by atoms with Crippen molar-refractivity contribution in [3.05, 3.63) is 18.0 Å². The van der Waals surface area contributed by atoms with Gasteiger partial charge in [0.25, 0.3) is 0 Å². The van der Waals surface area contributed by atoms with Gasteiger partial charge in [0, 0.05) is 32.0 Å². The SMILES string of the molecule is O=C1[C@H](Sc2nccc(C(F)(F)F)n2)CCN1C1CCOCC1. The first-order valence-electron chi connectivity index (χ1n) is 7.40. The maximum atomic E-state index is 12.7. The smallest absolute Gasteiger partial charge is 0.381 e. The number of carbonyl (C=O) groups excluding carboxylic acids is 1. The lowest BCUT2D eigenvalue weighted by molar-refractivity contribution is -0.141. The van der Waals surface area contributed by atoms with Gasteiger partial charge in [-0.05, 0) is 25.3 Å². The fourth-order valence-electron chi connectivity index (χ4n) is 2.83. The van der Waals surface area contributed by atoms with Gasteiger partial charge in [0.2, 0.25) is 5.91 Å². The third kappa shape index (κ3) is 3.77. The number of nitrogens with zero attached hydrogens (tertiary/aromatic N) is 3. The predicted molar refractivity (Wildman–Crippen MR) is 76.9 cm³/mol. The predicted octanol–water partition coefficient (Wildman–Crippen LogP) is 2.37. The Morgan fingerprint density at radius 3 is 2.70 bits per heavy atom. The second-order valence-corrected chi connectivity index (χ2v) is 6.66. The van der Waals surface area contributed by atoms with Gasteiger partial charge in [-0.2, -0.15) is 13.2 Å². The van der Waals surface area contributed by atoms with E-state index >= 15 is 0 Å². The van der Waals surface area contributed by atoms with Gasteiger partial charge in [0.05, 0.1) is 5.25 Å². The summed E-state index contributed by atoms with van der Waals surface area (Å²) in [4.78, 5) is 21.7. The molecule has 0 radical (unpaired) electrons. The number of likely N-dealkylation sites (tertiary alicyclic amines) is 1. The molecule has 3 rings (SSSR count). The molecular weight excluding hydrogens is 331 g/mol. The maximum Gasteiger partial charge on any atom is 0.433 e. The highest BCUT2D eigenvalue weighted by atomic mass is 32.2. The molecule has 1 aromatic rings. The highest BCUT2D eigenvalue weighted by Crippen LogP contribution is 2.33. The molecule has 2 aliphatic rings. The summed E-state index contributed by atoms with van der Waals surface area (Å²) >= 11 is 1.01. The highest BCUT2D eigenvalue weighted by Gasteiger charge is 2.38. The van der Waals surface area contributed by atoms with E-state index in [0.29, 0.717) is 26.2 Å². The van der Waals surface area contributed by atoms with E-state index in [4.69, 9.17) is 4.74 Å². The normalized spacial score (nSPS) is 23.5. The van der Waals surface area contributed by atoms with Crippen molar-refractivity contribution in [2.75, 3.05) is 19.8 Å². The molecule has 1 aromatic heterocycles. The fourth-order valence-corrected chi connectivity index (χ4v) is 3.81. The minimum absolute atomic E-state index is 0.00741. The van der Waals surface area contributed by atoms with E-state index in [-0.39, 0.29) is 17.1 Å². The van der Waals surface area contributed by atoms with Crippen LogP contribution in [0.25, 0.3) is 0 Å². The quantitative estimate of drug-likeness (QED) is 0.786. The van der Waals surface area contributed by atoms with Gasteiger partial charge in [-0.3, -0.25) is 4.79 Å². The number of carbonyl (C=O) groups is 1. The lowest BCUT2D eigenvalue weighted by Crippen LogP contribution is -2.41. The van der Waals surface area contributed by atoms with Crippen molar-refractivity contribution in [2.24, 2.45) is 0 Å². The van der Waals surface area contributed by atoms with Crippen molar-refractivity contribution >= 4 is 17.7 Å². The van der Waals surface area contributed by atoms with Crippen molar-refractivity contribution in [2.45, 2.75) is 41.9 Å². The van der Waals surface area contributed by atoms with E-state index in [0.717, 1.165) is 36.9 Å². The largest absolute Gasteiger partial charge is 0.433 e. The molecule has 0 bridgehead atoms. The topological polar surface area (TPSA) is 55.3 Å². The molecule has 2 aliphatic heterocycles. The molecule has 0 spiro atoms. The molecule has 126 valence electrons.